The van der Waals surface area contributed by atoms with Crippen molar-refractivity contribution in [1.29, 1.82) is 0 Å². The molecular weight excluding hydrogens is 332 g/mol. The van der Waals surface area contributed by atoms with E-state index in [1.807, 2.05) is 31.2 Å². The van der Waals surface area contributed by atoms with Crippen LogP contribution >= 0.6 is 0 Å². The molecule has 3 aromatic rings. The fourth-order valence-corrected chi connectivity index (χ4v) is 3.16. The molecule has 0 spiro atoms. The molecule has 0 saturated carbocycles. The molecule has 0 aliphatic carbocycles. The van der Waals surface area contributed by atoms with Gasteiger partial charge in [-0.25, -0.2) is 0 Å². The Morgan fingerprint density at radius 1 is 1.08 bits per heavy atom. The number of aromatic nitrogens is 2. The molecule has 26 heavy (non-hydrogen) atoms. The quantitative estimate of drug-likeness (QED) is 0.674. The van der Waals surface area contributed by atoms with Gasteiger partial charge in [0.1, 0.15) is 5.75 Å². The summed E-state index contributed by atoms with van der Waals surface area (Å²) >= 11 is 0. The van der Waals surface area contributed by atoms with Crippen molar-refractivity contribution >= 4 is 5.69 Å². The lowest BCUT2D eigenvalue weighted by atomic mass is 10.2. The van der Waals surface area contributed by atoms with Gasteiger partial charge in [-0.2, -0.15) is 4.98 Å². The number of anilines is 1. The highest BCUT2D eigenvalue weighted by Gasteiger charge is 2.21. The van der Waals surface area contributed by atoms with Crippen molar-refractivity contribution < 1.29 is 13.7 Å². The molecule has 0 atom stereocenters. The van der Waals surface area contributed by atoms with Gasteiger partial charge in [-0.3, -0.25) is 4.90 Å². The summed E-state index contributed by atoms with van der Waals surface area (Å²) in [6.07, 6.45) is 1.60. The Bertz CT molecular complexity index is 823. The number of rotatable bonds is 6. The van der Waals surface area contributed by atoms with E-state index in [0.29, 0.717) is 30.6 Å². The summed E-state index contributed by atoms with van der Waals surface area (Å²) in [4.78, 5) is 9.10. The smallest absolute Gasteiger partial charge is 0.241 e. The van der Waals surface area contributed by atoms with Gasteiger partial charge in [-0.1, -0.05) is 17.3 Å². The van der Waals surface area contributed by atoms with Crippen LogP contribution in [0.25, 0.3) is 11.6 Å². The first-order valence-corrected chi connectivity index (χ1v) is 8.89. The van der Waals surface area contributed by atoms with E-state index >= 15 is 0 Å². The van der Waals surface area contributed by atoms with Gasteiger partial charge in [0, 0.05) is 26.2 Å². The van der Waals surface area contributed by atoms with Crippen molar-refractivity contribution in [1.82, 2.24) is 15.0 Å². The molecule has 0 N–H and O–H groups in total. The van der Waals surface area contributed by atoms with Crippen molar-refractivity contribution in [3.8, 4) is 17.3 Å². The van der Waals surface area contributed by atoms with Crippen LogP contribution in [-0.4, -0.2) is 47.8 Å². The Labute approximate surface area is 152 Å². The molecule has 1 saturated heterocycles. The zero-order valence-corrected chi connectivity index (χ0v) is 14.8. The number of para-hydroxylation sites is 2. The topological polar surface area (TPSA) is 67.8 Å². The van der Waals surface area contributed by atoms with E-state index in [1.165, 1.54) is 0 Å². The minimum atomic E-state index is 0.495. The first-order valence-electron chi connectivity index (χ1n) is 8.89. The molecule has 1 aliphatic rings. The lowest BCUT2D eigenvalue weighted by Crippen LogP contribution is -2.46. The predicted molar refractivity (Wildman–Crippen MR) is 97.1 cm³/mol. The van der Waals surface area contributed by atoms with Gasteiger partial charge in [0.05, 0.1) is 25.1 Å². The molecule has 4 rings (SSSR count). The highest BCUT2D eigenvalue weighted by atomic mass is 16.5. The molecule has 7 nitrogen and oxygen atoms in total. The van der Waals surface area contributed by atoms with Gasteiger partial charge in [-0.15, -0.1) is 0 Å². The second-order valence-electron chi connectivity index (χ2n) is 6.15. The number of nitrogens with zero attached hydrogens (tertiary/aromatic N) is 4. The highest BCUT2D eigenvalue weighted by molar-refractivity contribution is 5.58. The molecule has 2 aromatic heterocycles. The maximum atomic E-state index is 5.75. The van der Waals surface area contributed by atoms with Gasteiger partial charge in [0.25, 0.3) is 0 Å². The standard InChI is InChI=1S/C19H22N4O3/c1-2-24-16-7-4-3-6-15(16)23-11-9-22(10-12-23)14-18-20-19(21-26-18)17-8-5-13-25-17/h3-8,13H,2,9-12,14H2,1H3. The Kier molecular flexibility index (Phi) is 4.88. The van der Waals surface area contributed by atoms with Gasteiger partial charge < -0.3 is 18.6 Å². The molecule has 1 aliphatic heterocycles. The van der Waals surface area contributed by atoms with Gasteiger partial charge >= 0.3 is 0 Å². The average molecular weight is 354 g/mol. The second-order valence-corrected chi connectivity index (χ2v) is 6.15. The zero-order chi connectivity index (χ0) is 17.8. The number of hydrogen-bond acceptors (Lipinski definition) is 7. The fourth-order valence-electron chi connectivity index (χ4n) is 3.16. The fraction of sp³-hybridized carbons (Fsp3) is 0.368. The first-order chi connectivity index (χ1) is 12.8. The maximum absolute atomic E-state index is 5.75. The van der Waals surface area contributed by atoms with E-state index in [2.05, 4.69) is 32.1 Å². The van der Waals surface area contributed by atoms with Crippen LogP contribution in [0.5, 0.6) is 5.75 Å². The summed E-state index contributed by atoms with van der Waals surface area (Å²) in [6, 6.07) is 11.8. The lowest BCUT2D eigenvalue weighted by molar-refractivity contribution is 0.215. The summed E-state index contributed by atoms with van der Waals surface area (Å²) in [7, 11) is 0. The van der Waals surface area contributed by atoms with Crippen LogP contribution in [0.4, 0.5) is 5.69 Å². The third kappa shape index (κ3) is 3.57. The van der Waals surface area contributed by atoms with Crippen molar-refractivity contribution in [2.45, 2.75) is 13.5 Å². The molecule has 1 aromatic carbocycles. The van der Waals surface area contributed by atoms with Crippen molar-refractivity contribution in [2.24, 2.45) is 0 Å². The van der Waals surface area contributed by atoms with E-state index in [1.54, 1.807) is 6.26 Å². The highest BCUT2D eigenvalue weighted by Crippen LogP contribution is 2.29. The van der Waals surface area contributed by atoms with Crippen molar-refractivity contribution in [3.63, 3.8) is 0 Å². The molecular formula is C19H22N4O3. The minimum Gasteiger partial charge on any atom is -0.492 e. The lowest BCUT2D eigenvalue weighted by Gasteiger charge is -2.36. The number of piperazine rings is 1. The third-order valence-corrected chi connectivity index (χ3v) is 4.45. The summed E-state index contributed by atoms with van der Waals surface area (Å²) in [5, 5.41) is 3.99. The summed E-state index contributed by atoms with van der Waals surface area (Å²) in [6.45, 7) is 7.06. The molecule has 1 fully saturated rings. The molecule has 7 heteroatoms. The molecule has 0 bridgehead atoms. The Hall–Kier alpha value is -2.80. The number of hydrogen-bond donors (Lipinski definition) is 0. The van der Waals surface area contributed by atoms with Crippen LogP contribution in [0, 0.1) is 0 Å². The van der Waals surface area contributed by atoms with E-state index < -0.39 is 0 Å². The first kappa shape index (κ1) is 16.7. The van der Waals surface area contributed by atoms with Crippen LogP contribution in [-0.2, 0) is 6.54 Å². The van der Waals surface area contributed by atoms with Crippen molar-refractivity contribution in [2.75, 3.05) is 37.7 Å². The normalized spacial score (nSPS) is 15.3. The van der Waals surface area contributed by atoms with E-state index in [9.17, 15) is 0 Å². The van der Waals surface area contributed by atoms with Crippen LogP contribution in [0.3, 0.4) is 0 Å². The SMILES string of the molecule is CCOc1ccccc1N1CCN(Cc2nc(-c3ccco3)no2)CC1. The molecule has 0 amide bonds. The Balaban J connectivity index is 1.36. The van der Waals surface area contributed by atoms with Gasteiger partial charge in [-0.05, 0) is 31.2 Å². The summed E-state index contributed by atoms with van der Waals surface area (Å²) in [5.41, 5.74) is 1.16. The molecule has 0 unspecified atom stereocenters. The maximum Gasteiger partial charge on any atom is 0.241 e. The third-order valence-electron chi connectivity index (χ3n) is 4.45. The van der Waals surface area contributed by atoms with E-state index in [4.69, 9.17) is 13.7 Å². The van der Waals surface area contributed by atoms with Crippen LogP contribution < -0.4 is 9.64 Å². The van der Waals surface area contributed by atoms with Crippen LogP contribution in [0.1, 0.15) is 12.8 Å². The molecule has 3 heterocycles. The second kappa shape index (κ2) is 7.61. The zero-order valence-electron chi connectivity index (χ0n) is 14.8. The van der Waals surface area contributed by atoms with Gasteiger partial charge in [0.2, 0.25) is 11.7 Å². The monoisotopic (exact) mass is 354 g/mol. The number of ether oxygens (including phenoxy) is 1. The average Bonchev–Trinajstić information content (AvgIpc) is 3.35. The van der Waals surface area contributed by atoms with Crippen molar-refractivity contribution in [3.05, 3.63) is 48.6 Å². The van der Waals surface area contributed by atoms with Crippen LogP contribution in [0.15, 0.2) is 51.6 Å². The van der Waals surface area contributed by atoms with Gasteiger partial charge in [0.15, 0.2) is 5.76 Å². The molecule has 0 radical (unpaired) electrons. The number of furan rings is 1. The summed E-state index contributed by atoms with van der Waals surface area (Å²) in [5.74, 6) is 2.68. The largest absolute Gasteiger partial charge is 0.492 e. The van der Waals surface area contributed by atoms with E-state index in [-0.39, 0.29) is 0 Å². The Morgan fingerprint density at radius 2 is 1.92 bits per heavy atom. The number of benzene rings is 1. The van der Waals surface area contributed by atoms with Crippen LogP contribution in [0.2, 0.25) is 0 Å². The van der Waals surface area contributed by atoms with E-state index in [0.717, 1.165) is 37.6 Å². The Morgan fingerprint density at radius 3 is 2.69 bits per heavy atom. The predicted octanol–water partition coefficient (Wildman–Crippen LogP) is 3.05. The molecule has 136 valence electrons. The summed E-state index contributed by atoms with van der Waals surface area (Å²) < 4.78 is 16.4. The minimum absolute atomic E-state index is 0.495.